The zero-order valence-corrected chi connectivity index (χ0v) is 11.8. The lowest BCUT2D eigenvalue weighted by Crippen LogP contribution is -1.77. The van der Waals surface area contributed by atoms with Crippen LogP contribution in [0.1, 0.15) is 26.2 Å². The molecule has 0 aliphatic heterocycles. The summed E-state index contributed by atoms with van der Waals surface area (Å²) in [7, 11) is 0. The second-order valence-corrected chi connectivity index (χ2v) is 6.48. The van der Waals surface area contributed by atoms with Crippen LogP contribution in [-0.2, 0) is 0 Å². The minimum absolute atomic E-state index is 0.957. The van der Waals surface area contributed by atoms with E-state index in [1.54, 1.807) is 23.5 Å². The minimum Gasteiger partial charge on any atom is -0.0795 e. The average molecular weight is 268 g/mol. The van der Waals surface area contributed by atoms with Gasteiger partial charge in [0.25, 0.3) is 0 Å². The number of allylic oxidation sites excluding steroid dienone is 1. The fourth-order valence-corrected chi connectivity index (χ4v) is 3.03. The maximum absolute atomic E-state index is 5.29. The highest BCUT2D eigenvalue weighted by atomic mass is 32.2. The van der Waals surface area contributed by atoms with Gasteiger partial charge >= 0.3 is 0 Å². The molecule has 1 rings (SSSR count). The Labute approximate surface area is 112 Å². The van der Waals surface area contributed by atoms with Gasteiger partial charge in [-0.15, -0.1) is 0 Å². The molecule has 0 radical (unpaired) electrons. The molecule has 0 saturated heterocycles. The second-order valence-electron chi connectivity index (χ2n) is 3.30. The summed E-state index contributed by atoms with van der Waals surface area (Å²) in [6, 6.07) is 10.3. The highest BCUT2D eigenvalue weighted by Crippen LogP contribution is 2.26. The van der Waals surface area contributed by atoms with Crippen LogP contribution in [0.15, 0.2) is 46.7 Å². The van der Waals surface area contributed by atoms with E-state index in [9.17, 15) is 0 Å². The van der Waals surface area contributed by atoms with Crippen LogP contribution >= 0.6 is 35.7 Å². The van der Waals surface area contributed by atoms with Crippen molar-refractivity contribution in [1.82, 2.24) is 0 Å². The van der Waals surface area contributed by atoms with Crippen LogP contribution in [-0.4, -0.2) is 3.53 Å². The fraction of sp³-hybridized carbons (Fsp3) is 0.308. The van der Waals surface area contributed by atoms with Gasteiger partial charge in [0, 0.05) is 4.90 Å². The van der Waals surface area contributed by atoms with E-state index in [1.807, 2.05) is 18.2 Å². The third-order valence-corrected chi connectivity index (χ3v) is 4.20. The van der Waals surface area contributed by atoms with Crippen LogP contribution in [0.2, 0.25) is 0 Å². The summed E-state index contributed by atoms with van der Waals surface area (Å²) >= 11 is 8.57. The number of thiocarbonyl (C=S) groups is 1. The third kappa shape index (κ3) is 6.36. The molecule has 0 fully saturated rings. The van der Waals surface area contributed by atoms with Crippen molar-refractivity contribution in [3.8, 4) is 0 Å². The molecule has 0 aliphatic rings. The van der Waals surface area contributed by atoms with Crippen LogP contribution in [0.5, 0.6) is 0 Å². The number of unbranched alkanes of at least 4 members (excludes halogenated alkanes) is 2. The molecule has 0 spiro atoms. The smallest absolute Gasteiger partial charge is 0.0795 e. The summed E-state index contributed by atoms with van der Waals surface area (Å²) in [6.07, 6.45) is 5.86. The number of hydrogen-bond donors (Lipinski definition) is 0. The van der Waals surface area contributed by atoms with Crippen molar-refractivity contribution in [2.45, 2.75) is 31.1 Å². The fourth-order valence-electron chi connectivity index (χ4n) is 1.10. The predicted molar refractivity (Wildman–Crippen MR) is 81.2 cm³/mol. The number of rotatable bonds is 5. The molecule has 3 heteroatoms. The normalized spacial score (nSPS) is 10.8. The molecule has 1 aromatic carbocycles. The Morgan fingerprint density at radius 1 is 1.31 bits per heavy atom. The van der Waals surface area contributed by atoms with E-state index in [-0.39, 0.29) is 0 Å². The van der Waals surface area contributed by atoms with E-state index in [4.69, 9.17) is 12.2 Å². The largest absolute Gasteiger partial charge is 0.113 e. The summed E-state index contributed by atoms with van der Waals surface area (Å²) in [5, 5.41) is 2.11. The molecular weight excluding hydrogens is 252 g/mol. The van der Waals surface area contributed by atoms with Gasteiger partial charge in [-0.3, -0.25) is 0 Å². The summed E-state index contributed by atoms with van der Waals surface area (Å²) in [5.74, 6) is 0. The molecule has 0 saturated carbocycles. The molecule has 0 N–H and O–H groups in total. The molecule has 0 aliphatic carbocycles. The summed E-state index contributed by atoms with van der Waals surface area (Å²) < 4.78 is 0.957. The monoisotopic (exact) mass is 268 g/mol. The maximum Gasteiger partial charge on any atom is 0.113 e. The number of hydrogen-bond acceptors (Lipinski definition) is 3. The zero-order chi connectivity index (χ0) is 11.6. The van der Waals surface area contributed by atoms with E-state index < -0.39 is 0 Å². The summed E-state index contributed by atoms with van der Waals surface area (Å²) in [4.78, 5) is 1.21. The molecule has 0 unspecified atom stereocenters. The van der Waals surface area contributed by atoms with Crippen molar-refractivity contribution in [3.05, 3.63) is 41.8 Å². The third-order valence-electron chi connectivity index (χ3n) is 1.93. The quantitative estimate of drug-likeness (QED) is 0.393. The van der Waals surface area contributed by atoms with Gasteiger partial charge in [0.1, 0.15) is 3.53 Å². The first-order valence-corrected chi connectivity index (χ1v) is 7.52. The van der Waals surface area contributed by atoms with Crippen LogP contribution in [0.4, 0.5) is 0 Å². The van der Waals surface area contributed by atoms with Crippen molar-refractivity contribution >= 4 is 39.3 Å². The highest BCUT2D eigenvalue weighted by molar-refractivity contribution is 8.48. The van der Waals surface area contributed by atoms with E-state index in [2.05, 4.69) is 30.5 Å². The molecule has 0 heterocycles. The highest BCUT2D eigenvalue weighted by Gasteiger charge is 1.97. The van der Waals surface area contributed by atoms with Gasteiger partial charge in [-0.05, 0) is 24.0 Å². The molecule has 16 heavy (non-hydrogen) atoms. The van der Waals surface area contributed by atoms with E-state index in [1.165, 1.54) is 17.7 Å². The standard InChI is InChI=1S/C13H16S3/c1-2-3-4-8-11-15-13(14)16-12-9-6-5-7-10-12/h5-11H,2-4H2,1H3/b11-8-. The molecule has 1 aromatic rings. The Morgan fingerprint density at radius 2 is 2.06 bits per heavy atom. The Hall–Kier alpha value is -0.250. The van der Waals surface area contributed by atoms with Gasteiger partial charge in [-0.1, -0.05) is 79.8 Å². The predicted octanol–water partition coefficient (Wildman–Crippen LogP) is 5.50. The van der Waals surface area contributed by atoms with Gasteiger partial charge in [-0.2, -0.15) is 0 Å². The van der Waals surface area contributed by atoms with Crippen molar-refractivity contribution in [3.63, 3.8) is 0 Å². The van der Waals surface area contributed by atoms with Crippen LogP contribution in [0.25, 0.3) is 0 Å². The van der Waals surface area contributed by atoms with Crippen molar-refractivity contribution in [2.75, 3.05) is 0 Å². The molecular formula is C13H16S3. The van der Waals surface area contributed by atoms with Gasteiger partial charge in [-0.25, -0.2) is 0 Å². The topological polar surface area (TPSA) is 0 Å². The first-order chi connectivity index (χ1) is 7.83. The lowest BCUT2D eigenvalue weighted by Gasteiger charge is -1.99. The molecule has 86 valence electrons. The first kappa shape index (κ1) is 13.8. The van der Waals surface area contributed by atoms with E-state index in [0.717, 1.165) is 9.95 Å². The van der Waals surface area contributed by atoms with E-state index in [0.29, 0.717) is 0 Å². The van der Waals surface area contributed by atoms with Crippen molar-refractivity contribution < 1.29 is 0 Å². The van der Waals surface area contributed by atoms with Crippen molar-refractivity contribution in [1.29, 1.82) is 0 Å². The molecule has 0 nitrogen and oxygen atoms in total. The van der Waals surface area contributed by atoms with Crippen LogP contribution in [0, 0.1) is 0 Å². The number of benzene rings is 1. The van der Waals surface area contributed by atoms with Crippen LogP contribution < -0.4 is 0 Å². The average Bonchev–Trinajstić information content (AvgIpc) is 2.30. The van der Waals surface area contributed by atoms with Gasteiger partial charge in [0.15, 0.2) is 0 Å². The van der Waals surface area contributed by atoms with Gasteiger partial charge in [0.05, 0.1) is 0 Å². The maximum atomic E-state index is 5.29. The molecule has 0 aromatic heterocycles. The SMILES string of the molecule is CCCC/C=C\SC(=S)Sc1ccccc1. The summed E-state index contributed by atoms with van der Waals surface area (Å²) in [5.41, 5.74) is 0. The van der Waals surface area contributed by atoms with Gasteiger partial charge < -0.3 is 0 Å². The molecule has 0 amide bonds. The number of thioether (sulfide) groups is 2. The molecule has 0 bridgehead atoms. The Balaban J connectivity index is 2.24. The minimum atomic E-state index is 0.957. The second kappa shape index (κ2) is 8.85. The lowest BCUT2D eigenvalue weighted by molar-refractivity contribution is 0.815. The van der Waals surface area contributed by atoms with Crippen LogP contribution in [0.3, 0.4) is 0 Å². The Kier molecular flexibility index (Phi) is 7.64. The lowest BCUT2D eigenvalue weighted by atomic mass is 10.2. The Morgan fingerprint density at radius 3 is 2.75 bits per heavy atom. The summed E-state index contributed by atoms with van der Waals surface area (Å²) in [6.45, 7) is 2.21. The van der Waals surface area contributed by atoms with Gasteiger partial charge in [0.2, 0.25) is 0 Å². The van der Waals surface area contributed by atoms with Crippen molar-refractivity contribution in [2.24, 2.45) is 0 Å². The molecule has 0 atom stereocenters. The van der Waals surface area contributed by atoms with E-state index >= 15 is 0 Å². The Bertz CT molecular complexity index is 330. The zero-order valence-electron chi connectivity index (χ0n) is 9.39. The first-order valence-electron chi connectivity index (χ1n) is 5.41.